The number of aliphatic hydroxyl groups is 1. The first-order valence-corrected chi connectivity index (χ1v) is 8.89. The highest BCUT2D eigenvalue weighted by molar-refractivity contribution is 7.10. The SMILES string of the molecule is CCCCCCCCC(O)Cc1sccc1CN(C)C. The van der Waals surface area contributed by atoms with E-state index >= 15 is 0 Å². The number of unbranched alkanes of at least 4 members (excludes halogenated alkanes) is 5. The summed E-state index contributed by atoms with van der Waals surface area (Å²) in [6.07, 6.45) is 9.38. The first-order chi connectivity index (χ1) is 9.63. The van der Waals surface area contributed by atoms with E-state index in [1.54, 1.807) is 11.3 Å². The average molecular weight is 298 g/mol. The fraction of sp³-hybridized carbons (Fsp3) is 0.765. The molecule has 0 spiro atoms. The van der Waals surface area contributed by atoms with Crippen molar-refractivity contribution in [1.82, 2.24) is 4.90 Å². The molecule has 2 nitrogen and oxygen atoms in total. The Hall–Kier alpha value is -0.380. The molecule has 3 heteroatoms. The molecule has 0 saturated heterocycles. The zero-order valence-electron chi connectivity index (χ0n) is 13.4. The lowest BCUT2D eigenvalue weighted by Crippen LogP contribution is -2.14. The number of hydrogen-bond acceptors (Lipinski definition) is 3. The summed E-state index contributed by atoms with van der Waals surface area (Å²) in [4.78, 5) is 3.54. The second-order valence-corrected chi connectivity index (χ2v) is 7.02. The van der Waals surface area contributed by atoms with E-state index in [9.17, 15) is 5.11 Å². The van der Waals surface area contributed by atoms with Crippen molar-refractivity contribution in [1.29, 1.82) is 0 Å². The van der Waals surface area contributed by atoms with E-state index in [2.05, 4.69) is 37.4 Å². The Kier molecular flexibility index (Phi) is 9.16. The highest BCUT2D eigenvalue weighted by atomic mass is 32.1. The van der Waals surface area contributed by atoms with Crippen LogP contribution in [0.25, 0.3) is 0 Å². The summed E-state index contributed by atoms with van der Waals surface area (Å²) in [5, 5.41) is 12.3. The Labute approximate surface area is 128 Å². The van der Waals surface area contributed by atoms with Crippen LogP contribution in [0.2, 0.25) is 0 Å². The van der Waals surface area contributed by atoms with Crippen molar-refractivity contribution in [2.24, 2.45) is 0 Å². The quantitative estimate of drug-likeness (QED) is 0.609. The maximum absolute atomic E-state index is 10.2. The van der Waals surface area contributed by atoms with Crippen molar-refractivity contribution in [3.63, 3.8) is 0 Å². The minimum Gasteiger partial charge on any atom is -0.393 e. The van der Waals surface area contributed by atoms with Gasteiger partial charge in [-0.3, -0.25) is 0 Å². The summed E-state index contributed by atoms with van der Waals surface area (Å²) in [7, 11) is 4.18. The Bertz CT molecular complexity index is 349. The van der Waals surface area contributed by atoms with Crippen LogP contribution in [0.4, 0.5) is 0 Å². The largest absolute Gasteiger partial charge is 0.393 e. The molecule has 1 aromatic rings. The van der Waals surface area contributed by atoms with Gasteiger partial charge in [-0.05, 0) is 37.5 Å². The highest BCUT2D eigenvalue weighted by Gasteiger charge is 2.11. The van der Waals surface area contributed by atoms with Crippen LogP contribution < -0.4 is 0 Å². The second-order valence-electron chi connectivity index (χ2n) is 6.02. The molecule has 1 N–H and O–H groups in total. The smallest absolute Gasteiger partial charge is 0.0588 e. The summed E-state index contributed by atoms with van der Waals surface area (Å²) < 4.78 is 0. The van der Waals surface area contributed by atoms with Crippen LogP contribution in [-0.4, -0.2) is 30.2 Å². The molecular weight excluding hydrogens is 266 g/mol. The number of aliphatic hydroxyl groups excluding tert-OH is 1. The molecule has 0 radical (unpaired) electrons. The van der Waals surface area contributed by atoms with E-state index < -0.39 is 0 Å². The maximum atomic E-state index is 10.2. The normalized spacial score (nSPS) is 13.1. The molecule has 1 aromatic heterocycles. The fourth-order valence-corrected chi connectivity index (χ4v) is 3.47. The van der Waals surface area contributed by atoms with Gasteiger partial charge in [0.25, 0.3) is 0 Å². The number of rotatable bonds is 11. The topological polar surface area (TPSA) is 23.5 Å². The minimum absolute atomic E-state index is 0.166. The average Bonchev–Trinajstić information content (AvgIpc) is 2.80. The minimum atomic E-state index is -0.166. The third-order valence-electron chi connectivity index (χ3n) is 3.64. The predicted molar refractivity (Wildman–Crippen MR) is 89.4 cm³/mol. The van der Waals surface area contributed by atoms with E-state index in [1.807, 2.05) is 0 Å². The Morgan fingerprint density at radius 2 is 1.85 bits per heavy atom. The second kappa shape index (κ2) is 10.4. The zero-order chi connectivity index (χ0) is 14.8. The van der Waals surface area contributed by atoms with Gasteiger partial charge < -0.3 is 10.0 Å². The van der Waals surface area contributed by atoms with E-state index in [0.29, 0.717) is 0 Å². The van der Waals surface area contributed by atoms with E-state index in [-0.39, 0.29) is 6.10 Å². The van der Waals surface area contributed by atoms with Crippen molar-refractivity contribution < 1.29 is 5.11 Å². The van der Waals surface area contributed by atoms with Gasteiger partial charge in [-0.2, -0.15) is 0 Å². The van der Waals surface area contributed by atoms with E-state index in [1.165, 1.54) is 49.0 Å². The van der Waals surface area contributed by atoms with Gasteiger partial charge in [-0.15, -0.1) is 11.3 Å². The Morgan fingerprint density at radius 1 is 1.15 bits per heavy atom. The van der Waals surface area contributed by atoms with Crippen molar-refractivity contribution in [3.8, 4) is 0 Å². The standard InChI is InChI=1S/C17H31NOS/c1-4-5-6-7-8-9-10-16(19)13-17-15(11-12-20-17)14-18(2)3/h11-12,16,19H,4-10,13-14H2,1-3H3. The molecule has 1 rings (SSSR count). The molecule has 1 heterocycles. The lowest BCUT2D eigenvalue weighted by Gasteiger charge is -2.13. The van der Waals surface area contributed by atoms with Crippen LogP contribution in [0.3, 0.4) is 0 Å². The lowest BCUT2D eigenvalue weighted by molar-refractivity contribution is 0.161. The van der Waals surface area contributed by atoms with Gasteiger partial charge in [-0.25, -0.2) is 0 Å². The van der Waals surface area contributed by atoms with Crippen LogP contribution in [0, 0.1) is 0 Å². The molecule has 0 aliphatic carbocycles. The summed E-state index contributed by atoms with van der Waals surface area (Å²) in [6.45, 7) is 3.22. The zero-order valence-corrected chi connectivity index (χ0v) is 14.2. The predicted octanol–water partition coefficient (Wildman–Crippen LogP) is 4.46. The van der Waals surface area contributed by atoms with Crippen LogP contribution in [-0.2, 0) is 13.0 Å². The van der Waals surface area contributed by atoms with Gasteiger partial charge in [0.05, 0.1) is 6.10 Å². The summed E-state index contributed by atoms with van der Waals surface area (Å²) >= 11 is 1.78. The molecule has 0 aliphatic heterocycles. The molecule has 116 valence electrons. The van der Waals surface area contributed by atoms with Crippen LogP contribution in [0.1, 0.15) is 62.3 Å². The van der Waals surface area contributed by atoms with E-state index in [0.717, 1.165) is 19.4 Å². The lowest BCUT2D eigenvalue weighted by atomic mass is 10.0. The van der Waals surface area contributed by atoms with Crippen molar-refractivity contribution in [3.05, 3.63) is 21.9 Å². The third kappa shape index (κ3) is 7.41. The number of nitrogens with zero attached hydrogens (tertiary/aromatic N) is 1. The Morgan fingerprint density at radius 3 is 2.55 bits per heavy atom. The molecule has 0 aromatic carbocycles. The molecular formula is C17H31NOS. The molecule has 20 heavy (non-hydrogen) atoms. The van der Waals surface area contributed by atoms with Gasteiger partial charge in [0, 0.05) is 17.8 Å². The van der Waals surface area contributed by atoms with Crippen LogP contribution in [0.15, 0.2) is 11.4 Å². The third-order valence-corrected chi connectivity index (χ3v) is 4.62. The molecule has 0 amide bonds. The number of hydrogen-bond donors (Lipinski definition) is 1. The first-order valence-electron chi connectivity index (χ1n) is 8.01. The molecule has 1 atom stereocenters. The van der Waals surface area contributed by atoms with Crippen LogP contribution >= 0.6 is 11.3 Å². The first kappa shape index (κ1) is 17.7. The summed E-state index contributed by atoms with van der Waals surface area (Å²) in [5.74, 6) is 0. The van der Waals surface area contributed by atoms with Gasteiger partial charge in [0.2, 0.25) is 0 Å². The summed E-state index contributed by atoms with van der Waals surface area (Å²) in [6, 6.07) is 2.19. The van der Waals surface area contributed by atoms with Gasteiger partial charge >= 0.3 is 0 Å². The van der Waals surface area contributed by atoms with E-state index in [4.69, 9.17) is 0 Å². The number of thiophene rings is 1. The van der Waals surface area contributed by atoms with Crippen molar-refractivity contribution >= 4 is 11.3 Å². The van der Waals surface area contributed by atoms with Gasteiger partial charge in [-0.1, -0.05) is 45.4 Å². The highest BCUT2D eigenvalue weighted by Crippen LogP contribution is 2.21. The van der Waals surface area contributed by atoms with Crippen molar-refractivity contribution in [2.75, 3.05) is 14.1 Å². The van der Waals surface area contributed by atoms with Gasteiger partial charge in [0.1, 0.15) is 0 Å². The van der Waals surface area contributed by atoms with Crippen LogP contribution in [0.5, 0.6) is 0 Å². The monoisotopic (exact) mass is 297 g/mol. The van der Waals surface area contributed by atoms with Crippen molar-refractivity contribution in [2.45, 2.75) is 70.9 Å². The fourth-order valence-electron chi connectivity index (χ4n) is 2.50. The van der Waals surface area contributed by atoms with Gasteiger partial charge in [0.15, 0.2) is 0 Å². The molecule has 1 unspecified atom stereocenters. The molecule has 0 bridgehead atoms. The molecule has 0 fully saturated rings. The maximum Gasteiger partial charge on any atom is 0.0588 e. The summed E-state index contributed by atoms with van der Waals surface area (Å²) in [5.41, 5.74) is 1.38. The Balaban J connectivity index is 2.21. The molecule has 0 aliphatic rings. The molecule has 0 saturated carbocycles.